The largest absolute Gasteiger partial charge is 0.352 e. The van der Waals surface area contributed by atoms with E-state index >= 15 is 0 Å². The Kier molecular flexibility index (Phi) is 7.42. The minimum absolute atomic E-state index is 0.0800. The average Bonchev–Trinajstić information content (AvgIpc) is 2.96. The van der Waals surface area contributed by atoms with Crippen LogP contribution in [0.5, 0.6) is 0 Å². The Labute approximate surface area is 124 Å². The van der Waals surface area contributed by atoms with Crippen molar-refractivity contribution in [2.45, 2.75) is 95.6 Å². The fourth-order valence-electron chi connectivity index (χ4n) is 3.52. The van der Waals surface area contributed by atoms with Crippen LogP contribution in [0.25, 0.3) is 0 Å². The molecule has 1 unspecified atom stereocenters. The highest BCUT2D eigenvalue weighted by Crippen LogP contribution is 2.17. The number of nitrogens with one attached hydrogen (secondary N) is 2. The summed E-state index contributed by atoms with van der Waals surface area (Å²) in [5.74, 6) is 0.250. The number of carbonyl (C=O) groups excluding carboxylic acids is 1. The zero-order chi connectivity index (χ0) is 14.0. The molecule has 0 aromatic carbocycles. The molecule has 1 saturated carbocycles. The Morgan fingerprint density at radius 1 is 0.750 bits per heavy atom. The average molecular weight is 280 g/mol. The zero-order valence-corrected chi connectivity index (χ0v) is 13.0. The Balaban J connectivity index is 1.74. The lowest BCUT2D eigenvalue weighted by molar-refractivity contribution is -0.123. The van der Waals surface area contributed by atoms with E-state index in [0.29, 0.717) is 6.04 Å². The quantitative estimate of drug-likeness (QED) is 0.812. The third-order valence-corrected chi connectivity index (χ3v) is 4.83. The monoisotopic (exact) mass is 280 g/mol. The summed E-state index contributed by atoms with van der Waals surface area (Å²) in [6.45, 7) is 1.00. The van der Waals surface area contributed by atoms with Crippen LogP contribution in [0.4, 0.5) is 0 Å². The molecule has 3 nitrogen and oxygen atoms in total. The molecule has 3 heteroatoms. The van der Waals surface area contributed by atoms with Crippen molar-refractivity contribution < 1.29 is 4.79 Å². The lowest BCUT2D eigenvalue weighted by atomic mass is 9.97. The maximum atomic E-state index is 12.2. The summed E-state index contributed by atoms with van der Waals surface area (Å²) in [6, 6.07) is 0.501. The molecule has 20 heavy (non-hydrogen) atoms. The molecule has 0 aromatic heterocycles. The van der Waals surface area contributed by atoms with Gasteiger partial charge in [-0.3, -0.25) is 4.79 Å². The predicted octanol–water partition coefficient (Wildman–Crippen LogP) is 3.53. The molecule has 0 aromatic rings. The second-order valence-electron chi connectivity index (χ2n) is 6.61. The van der Waals surface area contributed by atoms with Crippen LogP contribution in [-0.2, 0) is 4.79 Å². The SMILES string of the molecule is O=C(NC1CCCCCCCCCCC1)C1CCCN1. The van der Waals surface area contributed by atoms with Gasteiger partial charge in [0, 0.05) is 6.04 Å². The van der Waals surface area contributed by atoms with Gasteiger partial charge < -0.3 is 10.6 Å². The fraction of sp³-hybridized carbons (Fsp3) is 0.941. The van der Waals surface area contributed by atoms with Crippen molar-refractivity contribution in [3.63, 3.8) is 0 Å². The first-order valence-electron chi connectivity index (χ1n) is 8.90. The molecule has 2 N–H and O–H groups in total. The van der Waals surface area contributed by atoms with Gasteiger partial charge in [-0.15, -0.1) is 0 Å². The van der Waals surface area contributed by atoms with Crippen molar-refractivity contribution in [3.8, 4) is 0 Å². The second-order valence-corrected chi connectivity index (χ2v) is 6.61. The van der Waals surface area contributed by atoms with E-state index < -0.39 is 0 Å². The van der Waals surface area contributed by atoms with Crippen LogP contribution >= 0.6 is 0 Å². The Bertz CT molecular complexity index is 262. The van der Waals surface area contributed by atoms with Crippen molar-refractivity contribution in [1.29, 1.82) is 0 Å². The minimum atomic E-state index is 0.0800. The summed E-state index contributed by atoms with van der Waals surface area (Å²) in [4.78, 5) is 12.2. The topological polar surface area (TPSA) is 41.1 Å². The molecule has 1 atom stereocenters. The van der Waals surface area contributed by atoms with Crippen LogP contribution in [0, 0.1) is 0 Å². The second kappa shape index (κ2) is 9.38. The maximum Gasteiger partial charge on any atom is 0.237 e. The molecule has 1 amide bonds. The van der Waals surface area contributed by atoms with Gasteiger partial charge >= 0.3 is 0 Å². The Morgan fingerprint density at radius 3 is 1.80 bits per heavy atom. The molecule has 2 rings (SSSR count). The highest BCUT2D eigenvalue weighted by Gasteiger charge is 2.23. The van der Waals surface area contributed by atoms with Crippen LogP contribution in [-0.4, -0.2) is 24.5 Å². The maximum absolute atomic E-state index is 12.2. The molecule has 116 valence electrons. The lowest BCUT2D eigenvalue weighted by Crippen LogP contribution is -2.45. The molecule has 0 spiro atoms. The first-order valence-corrected chi connectivity index (χ1v) is 8.90. The van der Waals surface area contributed by atoms with E-state index in [2.05, 4.69) is 10.6 Å². The molecule has 0 bridgehead atoms. The summed E-state index contributed by atoms with van der Waals surface area (Å²) in [5.41, 5.74) is 0. The fourth-order valence-corrected chi connectivity index (χ4v) is 3.52. The van der Waals surface area contributed by atoms with E-state index in [1.807, 2.05) is 0 Å². The molecule has 1 saturated heterocycles. The molecule has 2 fully saturated rings. The van der Waals surface area contributed by atoms with E-state index in [4.69, 9.17) is 0 Å². The van der Waals surface area contributed by atoms with Crippen molar-refractivity contribution in [3.05, 3.63) is 0 Å². The van der Waals surface area contributed by atoms with Crippen molar-refractivity contribution >= 4 is 5.91 Å². The van der Waals surface area contributed by atoms with Crippen molar-refractivity contribution in [2.24, 2.45) is 0 Å². The number of hydrogen-bond donors (Lipinski definition) is 2. The lowest BCUT2D eigenvalue weighted by Gasteiger charge is -2.21. The van der Waals surface area contributed by atoms with Gasteiger partial charge in [0.2, 0.25) is 5.91 Å². The summed E-state index contributed by atoms with van der Waals surface area (Å²) in [5, 5.41) is 6.61. The van der Waals surface area contributed by atoms with Gasteiger partial charge in [0.25, 0.3) is 0 Å². The van der Waals surface area contributed by atoms with Crippen LogP contribution < -0.4 is 10.6 Å². The van der Waals surface area contributed by atoms with Gasteiger partial charge in [-0.25, -0.2) is 0 Å². The minimum Gasteiger partial charge on any atom is -0.352 e. The van der Waals surface area contributed by atoms with Gasteiger partial charge in [-0.2, -0.15) is 0 Å². The first-order chi connectivity index (χ1) is 9.86. The molecule has 1 heterocycles. The molecule has 1 aliphatic carbocycles. The van der Waals surface area contributed by atoms with Crippen LogP contribution in [0.1, 0.15) is 83.5 Å². The summed E-state index contributed by atoms with van der Waals surface area (Å²) >= 11 is 0. The van der Waals surface area contributed by atoms with Gasteiger partial charge in [-0.1, -0.05) is 57.8 Å². The van der Waals surface area contributed by atoms with E-state index in [-0.39, 0.29) is 11.9 Å². The Morgan fingerprint density at radius 2 is 1.30 bits per heavy atom. The van der Waals surface area contributed by atoms with Gasteiger partial charge in [-0.05, 0) is 32.2 Å². The molecule has 1 aliphatic heterocycles. The summed E-state index contributed by atoms with van der Waals surface area (Å²) in [6.07, 6.45) is 16.8. The van der Waals surface area contributed by atoms with Gasteiger partial charge in [0.1, 0.15) is 0 Å². The van der Waals surface area contributed by atoms with E-state index in [9.17, 15) is 4.79 Å². The number of amides is 1. The molecular weight excluding hydrogens is 248 g/mol. The molecule has 0 radical (unpaired) electrons. The molecular formula is C17H32N2O. The Hall–Kier alpha value is -0.570. The first kappa shape index (κ1) is 15.8. The van der Waals surface area contributed by atoms with Gasteiger partial charge in [0.05, 0.1) is 6.04 Å². The van der Waals surface area contributed by atoms with Gasteiger partial charge in [0.15, 0.2) is 0 Å². The normalized spacial score (nSPS) is 27.5. The van der Waals surface area contributed by atoms with Crippen LogP contribution in [0.3, 0.4) is 0 Å². The third kappa shape index (κ3) is 5.82. The van der Waals surface area contributed by atoms with Crippen LogP contribution in [0.15, 0.2) is 0 Å². The number of hydrogen-bond acceptors (Lipinski definition) is 2. The molecule has 2 aliphatic rings. The highest BCUT2D eigenvalue weighted by atomic mass is 16.2. The predicted molar refractivity (Wildman–Crippen MR) is 83.7 cm³/mol. The smallest absolute Gasteiger partial charge is 0.237 e. The van der Waals surface area contributed by atoms with Crippen LogP contribution in [0.2, 0.25) is 0 Å². The van der Waals surface area contributed by atoms with Crippen molar-refractivity contribution in [2.75, 3.05) is 6.54 Å². The summed E-state index contributed by atoms with van der Waals surface area (Å²) < 4.78 is 0. The number of carbonyl (C=O) groups is 1. The van der Waals surface area contributed by atoms with Crippen molar-refractivity contribution in [1.82, 2.24) is 10.6 Å². The number of rotatable bonds is 2. The highest BCUT2D eigenvalue weighted by molar-refractivity contribution is 5.82. The zero-order valence-electron chi connectivity index (χ0n) is 13.0. The summed E-state index contributed by atoms with van der Waals surface area (Å²) in [7, 11) is 0. The van der Waals surface area contributed by atoms with E-state index in [0.717, 1.165) is 19.4 Å². The van der Waals surface area contributed by atoms with E-state index in [1.165, 1.54) is 70.6 Å². The van der Waals surface area contributed by atoms with E-state index in [1.54, 1.807) is 0 Å². The standard InChI is InChI=1S/C17H32N2O/c20-17(16-13-10-14-18-16)19-15-11-8-6-4-2-1-3-5-7-9-12-15/h15-16,18H,1-14H2,(H,19,20). The third-order valence-electron chi connectivity index (χ3n) is 4.83.